The number of rotatable bonds is 8. The van der Waals surface area contributed by atoms with Crippen molar-refractivity contribution in [3.05, 3.63) is 59.4 Å². The van der Waals surface area contributed by atoms with Crippen LogP contribution in [0.25, 0.3) is 0 Å². The fourth-order valence-electron chi connectivity index (χ4n) is 4.09. The molecule has 36 heavy (non-hydrogen) atoms. The summed E-state index contributed by atoms with van der Waals surface area (Å²) in [6, 6.07) is 8.14. The molecule has 1 aliphatic heterocycles. The van der Waals surface area contributed by atoms with E-state index in [0.717, 1.165) is 22.7 Å². The Labute approximate surface area is 209 Å². The van der Waals surface area contributed by atoms with Crippen LogP contribution in [-0.2, 0) is 32.8 Å². The van der Waals surface area contributed by atoms with Gasteiger partial charge in [-0.25, -0.2) is 21.2 Å². The van der Waals surface area contributed by atoms with Crippen molar-refractivity contribution in [3.8, 4) is 0 Å². The van der Waals surface area contributed by atoms with Crippen molar-refractivity contribution in [2.45, 2.75) is 31.5 Å². The molecule has 3 rings (SSSR count). The van der Waals surface area contributed by atoms with Crippen LogP contribution in [0.15, 0.2) is 47.4 Å². The maximum atomic E-state index is 15.1. The number of anilines is 1. The molecule has 1 heterocycles. The number of piperazine rings is 1. The van der Waals surface area contributed by atoms with Crippen molar-refractivity contribution in [2.75, 3.05) is 43.9 Å². The van der Waals surface area contributed by atoms with Crippen LogP contribution in [-0.4, -0.2) is 64.4 Å². The first kappa shape index (κ1) is 28.4. The van der Waals surface area contributed by atoms with Gasteiger partial charge in [-0.05, 0) is 35.7 Å². The van der Waals surface area contributed by atoms with Crippen LogP contribution in [0.4, 0.5) is 23.2 Å². The molecular formula is C23H29F4N3O4S2. The molecule has 7 nitrogen and oxygen atoms in total. The quantitative estimate of drug-likeness (QED) is 0.467. The molecule has 0 bridgehead atoms. The summed E-state index contributed by atoms with van der Waals surface area (Å²) in [5.41, 5.74) is -1.00. The van der Waals surface area contributed by atoms with E-state index in [1.165, 1.54) is 34.6 Å². The number of alkyl halides is 3. The predicted octanol–water partition coefficient (Wildman–Crippen LogP) is 3.77. The minimum absolute atomic E-state index is 0.0641. The van der Waals surface area contributed by atoms with Crippen molar-refractivity contribution in [3.63, 3.8) is 0 Å². The molecule has 0 amide bonds. The van der Waals surface area contributed by atoms with Gasteiger partial charge in [0.05, 0.1) is 22.4 Å². The molecule has 0 radical (unpaired) electrons. The van der Waals surface area contributed by atoms with Gasteiger partial charge in [-0.15, -0.1) is 0 Å². The van der Waals surface area contributed by atoms with Crippen molar-refractivity contribution < 1.29 is 34.4 Å². The average molecular weight is 552 g/mol. The molecule has 0 unspecified atom stereocenters. The Morgan fingerprint density at radius 3 is 2.11 bits per heavy atom. The van der Waals surface area contributed by atoms with E-state index < -0.39 is 44.1 Å². The Balaban J connectivity index is 1.89. The van der Waals surface area contributed by atoms with Crippen molar-refractivity contribution >= 4 is 25.7 Å². The Bertz CT molecular complexity index is 1290. The third-order valence-corrected chi connectivity index (χ3v) is 8.95. The van der Waals surface area contributed by atoms with Crippen LogP contribution < -0.4 is 4.90 Å². The van der Waals surface area contributed by atoms with Crippen LogP contribution in [0.1, 0.15) is 25.0 Å². The van der Waals surface area contributed by atoms with Gasteiger partial charge >= 0.3 is 6.18 Å². The first-order valence-corrected chi connectivity index (χ1v) is 14.5. The first-order valence-electron chi connectivity index (χ1n) is 11.3. The number of hydrogen-bond acceptors (Lipinski definition) is 5. The highest BCUT2D eigenvalue weighted by atomic mass is 32.2. The molecule has 2 aromatic rings. The van der Waals surface area contributed by atoms with Crippen molar-refractivity contribution in [1.82, 2.24) is 8.61 Å². The molecule has 200 valence electrons. The van der Waals surface area contributed by atoms with Gasteiger partial charge in [0, 0.05) is 39.3 Å². The lowest BCUT2D eigenvalue weighted by atomic mass is 10.1. The summed E-state index contributed by atoms with van der Waals surface area (Å²) in [7, 11) is -7.70. The van der Waals surface area contributed by atoms with Crippen LogP contribution >= 0.6 is 0 Å². The SMILES string of the molecule is CC(C)CN(Cc1ccccc1C(F)(F)F)S(=O)(=O)c1ccc(N2CCN(S(C)(=O)=O)CC2)c(F)c1. The van der Waals surface area contributed by atoms with Gasteiger partial charge in [0.1, 0.15) is 5.82 Å². The maximum absolute atomic E-state index is 15.1. The Kier molecular flexibility index (Phi) is 8.38. The number of halogens is 4. The molecule has 13 heteroatoms. The highest BCUT2D eigenvalue weighted by molar-refractivity contribution is 7.89. The van der Waals surface area contributed by atoms with E-state index in [1.807, 2.05) is 0 Å². The second-order valence-corrected chi connectivity index (χ2v) is 13.0. The fourth-order valence-corrected chi connectivity index (χ4v) is 6.51. The molecule has 1 fully saturated rings. The average Bonchev–Trinajstić information content (AvgIpc) is 2.77. The van der Waals surface area contributed by atoms with Crippen LogP contribution in [0.3, 0.4) is 0 Å². The zero-order chi connectivity index (χ0) is 26.9. The van der Waals surface area contributed by atoms with Crippen molar-refractivity contribution in [2.24, 2.45) is 5.92 Å². The summed E-state index contributed by atoms with van der Waals surface area (Å²) in [6.07, 6.45) is -3.56. The van der Waals surface area contributed by atoms with Gasteiger partial charge in [-0.1, -0.05) is 32.0 Å². The van der Waals surface area contributed by atoms with E-state index in [-0.39, 0.29) is 54.8 Å². The topological polar surface area (TPSA) is 78.0 Å². The number of sulfonamides is 2. The molecule has 1 aliphatic rings. The summed E-state index contributed by atoms with van der Waals surface area (Å²) < 4.78 is 108. The lowest BCUT2D eigenvalue weighted by molar-refractivity contribution is -0.138. The zero-order valence-corrected chi connectivity index (χ0v) is 21.8. The molecule has 0 aliphatic carbocycles. The van der Waals surface area contributed by atoms with E-state index in [1.54, 1.807) is 18.7 Å². The second kappa shape index (κ2) is 10.6. The number of nitrogens with zero attached hydrogens (tertiary/aromatic N) is 3. The molecule has 0 N–H and O–H groups in total. The van der Waals surface area contributed by atoms with Gasteiger partial charge in [-0.3, -0.25) is 0 Å². The minimum Gasteiger partial charge on any atom is -0.367 e. The van der Waals surface area contributed by atoms with Gasteiger partial charge in [0.15, 0.2) is 0 Å². The molecular weight excluding hydrogens is 522 g/mol. The van der Waals surface area contributed by atoms with E-state index in [9.17, 15) is 30.0 Å². The van der Waals surface area contributed by atoms with Crippen molar-refractivity contribution in [1.29, 1.82) is 0 Å². The second-order valence-electron chi connectivity index (χ2n) is 9.11. The fraction of sp³-hybridized carbons (Fsp3) is 0.478. The standard InChI is InChI=1S/C23H29F4N3O4S2/c1-17(2)15-30(16-18-6-4-5-7-20(18)23(25,26)27)36(33,34)19-8-9-22(21(24)14-19)28-10-12-29(13-11-28)35(3,31)32/h4-9,14,17H,10-13,15-16H2,1-3H3. The Morgan fingerprint density at radius 1 is 0.972 bits per heavy atom. The molecule has 0 atom stereocenters. The van der Waals surface area contributed by atoms with Crippen LogP contribution in [0.2, 0.25) is 0 Å². The monoisotopic (exact) mass is 551 g/mol. The lowest BCUT2D eigenvalue weighted by Gasteiger charge is -2.35. The summed E-state index contributed by atoms with van der Waals surface area (Å²) in [5, 5.41) is 0. The zero-order valence-electron chi connectivity index (χ0n) is 20.2. The third kappa shape index (κ3) is 6.55. The molecule has 0 spiro atoms. The molecule has 0 saturated carbocycles. The lowest BCUT2D eigenvalue weighted by Crippen LogP contribution is -2.48. The number of benzene rings is 2. The van der Waals surface area contributed by atoms with E-state index >= 15 is 4.39 Å². The van der Waals surface area contributed by atoms with Gasteiger partial charge in [0.2, 0.25) is 20.0 Å². The largest absolute Gasteiger partial charge is 0.416 e. The summed E-state index contributed by atoms with van der Waals surface area (Å²) in [5.74, 6) is -1.02. The normalized spacial score (nSPS) is 16.2. The van der Waals surface area contributed by atoms with Crippen LogP contribution in [0.5, 0.6) is 0 Å². The van der Waals surface area contributed by atoms with Crippen LogP contribution in [0, 0.1) is 11.7 Å². The smallest absolute Gasteiger partial charge is 0.367 e. The van der Waals surface area contributed by atoms with Gasteiger partial charge in [-0.2, -0.15) is 21.8 Å². The Morgan fingerprint density at radius 2 is 1.58 bits per heavy atom. The van der Waals surface area contributed by atoms with E-state index in [4.69, 9.17) is 0 Å². The van der Waals surface area contributed by atoms with Gasteiger partial charge < -0.3 is 4.90 Å². The highest BCUT2D eigenvalue weighted by Gasteiger charge is 2.35. The molecule has 0 aromatic heterocycles. The minimum atomic E-state index is -4.65. The predicted molar refractivity (Wildman–Crippen MR) is 129 cm³/mol. The maximum Gasteiger partial charge on any atom is 0.416 e. The number of hydrogen-bond donors (Lipinski definition) is 0. The highest BCUT2D eigenvalue weighted by Crippen LogP contribution is 2.34. The summed E-state index contributed by atoms with van der Waals surface area (Å²) >= 11 is 0. The molecule has 1 saturated heterocycles. The molecule has 2 aromatic carbocycles. The van der Waals surface area contributed by atoms with E-state index in [2.05, 4.69) is 0 Å². The van der Waals surface area contributed by atoms with E-state index in [0.29, 0.717) is 0 Å². The summed E-state index contributed by atoms with van der Waals surface area (Å²) in [4.78, 5) is 1.25. The summed E-state index contributed by atoms with van der Waals surface area (Å²) in [6.45, 7) is 3.67. The third-order valence-electron chi connectivity index (χ3n) is 5.84. The Hall–Kier alpha value is -2.22. The first-order chi connectivity index (χ1) is 16.6. The van der Waals surface area contributed by atoms with Gasteiger partial charge in [0.25, 0.3) is 0 Å².